The summed E-state index contributed by atoms with van der Waals surface area (Å²) in [6, 6.07) is 20.0. The first-order valence-corrected chi connectivity index (χ1v) is 11.3. The zero-order valence-electron chi connectivity index (χ0n) is 16.1. The standard InChI is InChI=1S/C22H25N3O2S/c1-18-17-20-9-5-6-10-21(20)23-22(18)24-12-14-25(15-13-24)28(26,27)16-11-19-7-3-2-4-8-19/h2-10,17H,11-16H2,1H3. The number of sulfonamides is 1. The number of hydrogen-bond donors (Lipinski definition) is 0. The molecule has 0 N–H and O–H groups in total. The molecule has 5 nitrogen and oxygen atoms in total. The van der Waals surface area contributed by atoms with Gasteiger partial charge >= 0.3 is 0 Å². The summed E-state index contributed by atoms with van der Waals surface area (Å²) in [6.07, 6.45) is 0.550. The van der Waals surface area contributed by atoms with Crippen molar-refractivity contribution in [1.82, 2.24) is 9.29 Å². The number of pyridine rings is 1. The molecule has 1 aliphatic heterocycles. The molecule has 0 bridgehead atoms. The Morgan fingerprint density at radius 2 is 1.61 bits per heavy atom. The predicted octanol–water partition coefficient (Wildman–Crippen LogP) is 3.24. The second kappa shape index (κ2) is 7.89. The van der Waals surface area contributed by atoms with Crippen LogP contribution in [-0.2, 0) is 16.4 Å². The third-order valence-electron chi connectivity index (χ3n) is 5.31. The molecular formula is C22H25N3O2S. The number of rotatable bonds is 5. The minimum atomic E-state index is -3.25. The largest absolute Gasteiger partial charge is 0.354 e. The topological polar surface area (TPSA) is 53.5 Å². The highest BCUT2D eigenvalue weighted by molar-refractivity contribution is 7.89. The summed E-state index contributed by atoms with van der Waals surface area (Å²) >= 11 is 0. The number of piperazine rings is 1. The zero-order chi connectivity index (χ0) is 19.6. The quantitative estimate of drug-likeness (QED) is 0.666. The average Bonchev–Trinajstić information content (AvgIpc) is 2.73. The van der Waals surface area contributed by atoms with Crippen LogP contribution >= 0.6 is 0 Å². The molecular weight excluding hydrogens is 370 g/mol. The molecule has 6 heteroatoms. The minimum Gasteiger partial charge on any atom is -0.354 e. The highest BCUT2D eigenvalue weighted by atomic mass is 32.2. The van der Waals surface area contributed by atoms with Crippen molar-refractivity contribution >= 4 is 26.7 Å². The van der Waals surface area contributed by atoms with Crippen LogP contribution in [0.4, 0.5) is 5.82 Å². The Kier molecular flexibility index (Phi) is 5.33. The van der Waals surface area contributed by atoms with E-state index in [2.05, 4.69) is 24.0 Å². The van der Waals surface area contributed by atoms with E-state index in [9.17, 15) is 8.42 Å². The van der Waals surface area contributed by atoms with E-state index in [1.165, 1.54) is 0 Å². The summed E-state index contributed by atoms with van der Waals surface area (Å²) in [5.41, 5.74) is 3.15. The van der Waals surface area contributed by atoms with E-state index >= 15 is 0 Å². The van der Waals surface area contributed by atoms with E-state index in [1.807, 2.05) is 48.5 Å². The molecule has 0 aliphatic carbocycles. The Balaban J connectivity index is 1.42. The number of aryl methyl sites for hydroxylation is 2. The number of aromatic nitrogens is 1. The molecule has 2 heterocycles. The Morgan fingerprint density at radius 3 is 2.36 bits per heavy atom. The summed E-state index contributed by atoms with van der Waals surface area (Å²) in [5.74, 6) is 1.12. The van der Waals surface area contributed by atoms with Crippen molar-refractivity contribution in [2.45, 2.75) is 13.3 Å². The Morgan fingerprint density at radius 1 is 0.929 bits per heavy atom. The first kappa shape index (κ1) is 18.9. The normalized spacial score (nSPS) is 15.8. The lowest BCUT2D eigenvalue weighted by molar-refractivity contribution is 0.383. The molecule has 1 fully saturated rings. The molecule has 0 spiro atoms. The van der Waals surface area contributed by atoms with Crippen LogP contribution in [0.25, 0.3) is 10.9 Å². The van der Waals surface area contributed by atoms with Crippen LogP contribution in [-0.4, -0.2) is 49.6 Å². The van der Waals surface area contributed by atoms with Gasteiger partial charge in [0, 0.05) is 31.6 Å². The fourth-order valence-corrected chi connectivity index (χ4v) is 5.20. The van der Waals surface area contributed by atoms with Gasteiger partial charge in [0.15, 0.2) is 0 Å². The number of nitrogens with zero attached hydrogens (tertiary/aromatic N) is 3. The fraction of sp³-hybridized carbons (Fsp3) is 0.318. The van der Waals surface area contributed by atoms with Crippen molar-refractivity contribution in [3.05, 3.63) is 71.8 Å². The summed E-state index contributed by atoms with van der Waals surface area (Å²) in [6.45, 7) is 4.40. The molecule has 4 rings (SSSR count). The van der Waals surface area contributed by atoms with Crippen molar-refractivity contribution in [3.63, 3.8) is 0 Å². The zero-order valence-corrected chi connectivity index (χ0v) is 16.9. The summed E-state index contributed by atoms with van der Waals surface area (Å²) in [7, 11) is -3.25. The molecule has 1 saturated heterocycles. The van der Waals surface area contributed by atoms with Crippen LogP contribution in [0.3, 0.4) is 0 Å². The van der Waals surface area contributed by atoms with Gasteiger partial charge in [-0.2, -0.15) is 4.31 Å². The third kappa shape index (κ3) is 4.03. The van der Waals surface area contributed by atoms with Gasteiger partial charge < -0.3 is 4.90 Å². The van der Waals surface area contributed by atoms with Gasteiger partial charge in [0.1, 0.15) is 5.82 Å². The SMILES string of the molecule is Cc1cc2ccccc2nc1N1CCN(S(=O)(=O)CCc2ccccc2)CC1. The molecule has 0 saturated carbocycles. The molecule has 1 aromatic heterocycles. The van der Waals surface area contributed by atoms with E-state index in [1.54, 1.807) is 4.31 Å². The van der Waals surface area contributed by atoms with Gasteiger partial charge in [0.2, 0.25) is 10.0 Å². The van der Waals surface area contributed by atoms with Crippen LogP contribution in [0.2, 0.25) is 0 Å². The maximum atomic E-state index is 12.7. The molecule has 28 heavy (non-hydrogen) atoms. The third-order valence-corrected chi connectivity index (χ3v) is 7.18. The Hall–Kier alpha value is -2.44. The lowest BCUT2D eigenvalue weighted by Crippen LogP contribution is -2.49. The van der Waals surface area contributed by atoms with Crippen molar-refractivity contribution in [2.24, 2.45) is 0 Å². The molecule has 2 aromatic carbocycles. The van der Waals surface area contributed by atoms with Crippen molar-refractivity contribution in [1.29, 1.82) is 0 Å². The predicted molar refractivity (Wildman–Crippen MR) is 114 cm³/mol. The Bertz CT molecular complexity index is 1060. The van der Waals surface area contributed by atoms with Crippen LogP contribution in [0.1, 0.15) is 11.1 Å². The van der Waals surface area contributed by atoms with E-state index in [-0.39, 0.29) is 5.75 Å². The van der Waals surface area contributed by atoms with Gasteiger partial charge in [-0.1, -0.05) is 48.5 Å². The number of benzene rings is 2. The lowest BCUT2D eigenvalue weighted by atomic mass is 10.1. The van der Waals surface area contributed by atoms with Crippen LogP contribution in [0, 0.1) is 6.92 Å². The van der Waals surface area contributed by atoms with Gasteiger partial charge in [-0.15, -0.1) is 0 Å². The Labute approximate surface area is 166 Å². The maximum Gasteiger partial charge on any atom is 0.214 e. The highest BCUT2D eigenvalue weighted by Gasteiger charge is 2.27. The van der Waals surface area contributed by atoms with Gasteiger partial charge in [0.05, 0.1) is 11.3 Å². The molecule has 1 aliphatic rings. The average molecular weight is 396 g/mol. The first-order valence-electron chi connectivity index (χ1n) is 9.66. The molecule has 3 aromatic rings. The van der Waals surface area contributed by atoms with Gasteiger partial charge in [-0.3, -0.25) is 0 Å². The molecule has 0 radical (unpaired) electrons. The molecule has 146 valence electrons. The highest BCUT2D eigenvalue weighted by Crippen LogP contribution is 2.24. The molecule has 0 atom stereocenters. The first-order chi connectivity index (χ1) is 13.5. The summed E-state index contributed by atoms with van der Waals surface area (Å²) in [5, 5.41) is 1.13. The number of fused-ring (bicyclic) bond motifs is 1. The van der Waals surface area contributed by atoms with Gasteiger partial charge in [0.25, 0.3) is 0 Å². The summed E-state index contributed by atoms with van der Waals surface area (Å²) in [4.78, 5) is 7.02. The van der Waals surface area contributed by atoms with Crippen LogP contribution in [0.15, 0.2) is 60.7 Å². The molecule has 0 amide bonds. The lowest BCUT2D eigenvalue weighted by Gasteiger charge is -2.35. The number of para-hydroxylation sites is 1. The van der Waals surface area contributed by atoms with Crippen LogP contribution in [0.5, 0.6) is 0 Å². The number of anilines is 1. The maximum absolute atomic E-state index is 12.7. The fourth-order valence-electron chi connectivity index (χ4n) is 3.73. The second-order valence-corrected chi connectivity index (χ2v) is 9.35. The van der Waals surface area contributed by atoms with E-state index in [4.69, 9.17) is 4.98 Å². The minimum absolute atomic E-state index is 0.157. The number of hydrogen-bond acceptors (Lipinski definition) is 4. The van der Waals surface area contributed by atoms with E-state index < -0.39 is 10.0 Å². The summed E-state index contributed by atoms with van der Waals surface area (Å²) < 4.78 is 27.1. The van der Waals surface area contributed by atoms with E-state index in [0.717, 1.165) is 27.8 Å². The monoisotopic (exact) mass is 395 g/mol. The molecule has 0 unspecified atom stereocenters. The second-order valence-electron chi connectivity index (χ2n) is 7.26. The van der Waals surface area contributed by atoms with E-state index in [0.29, 0.717) is 32.6 Å². The smallest absolute Gasteiger partial charge is 0.214 e. The van der Waals surface area contributed by atoms with Crippen molar-refractivity contribution in [2.75, 3.05) is 36.8 Å². The van der Waals surface area contributed by atoms with Crippen molar-refractivity contribution in [3.8, 4) is 0 Å². The van der Waals surface area contributed by atoms with Crippen LogP contribution < -0.4 is 4.90 Å². The van der Waals surface area contributed by atoms with Gasteiger partial charge in [-0.25, -0.2) is 13.4 Å². The van der Waals surface area contributed by atoms with Gasteiger partial charge in [-0.05, 0) is 36.6 Å². The van der Waals surface area contributed by atoms with Crippen molar-refractivity contribution < 1.29 is 8.42 Å².